The molecule has 6 nitrogen and oxygen atoms in total. The van der Waals surface area contributed by atoms with Gasteiger partial charge >= 0.3 is 0 Å². The molecule has 0 saturated carbocycles. The molecule has 1 N–H and O–H groups in total. The SMILES string of the molecule is CCC1CCCN(Cc2nc3c(cnn3-c3ccccc3)c(=O)[nH]2)C1. The molecule has 1 unspecified atom stereocenters. The molecule has 25 heavy (non-hydrogen) atoms. The van der Waals surface area contributed by atoms with Gasteiger partial charge in [0.25, 0.3) is 5.56 Å². The normalized spacial score (nSPS) is 18.7. The summed E-state index contributed by atoms with van der Waals surface area (Å²) >= 11 is 0. The lowest BCUT2D eigenvalue weighted by Crippen LogP contribution is -2.35. The Hall–Kier alpha value is -2.47. The van der Waals surface area contributed by atoms with Gasteiger partial charge < -0.3 is 4.98 Å². The maximum Gasteiger partial charge on any atom is 0.262 e. The summed E-state index contributed by atoms with van der Waals surface area (Å²) in [6.07, 6.45) is 5.32. The number of nitrogens with zero attached hydrogens (tertiary/aromatic N) is 4. The number of H-pyrrole nitrogens is 1. The van der Waals surface area contributed by atoms with E-state index in [1.807, 2.05) is 30.3 Å². The van der Waals surface area contributed by atoms with E-state index in [1.165, 1.54) is 19.3 Å². The zero-order valence-corrected chi connectivity index (χ0v) is 14.5. The number of benzene rings is 1. The fraction of sp³-hybridized carbons (Fsp3) is 0.421. The van der Waals surface area contributed by atoms with Crippen LogP contribution in [0.1, 0.15) is 32.0 Å². The highest BCUT2D eigenvalue weighted by atomic mass is 16.1. The number of para-hydroxylation sites is 1. The lowest BCUT2D eigenvalue weighted by Gasteiger charge is -2.31. The second-order valence-corrected chi connectivity index (χ2v) is 6.79. The third kappa shape index (κ3) is 3.22. The van der Waals surface area contributed by atoms with E-state index in [-0.39, 0.29) is 5.56 Å². The maximum atomic E-state index is 12.4. The van der Waals surface area contributed by atoms with Gasteiger partial charge in [-0.1, -0.05) is 31.5 Å². The Kier molecular flexibility index (Phi) is 4.36. The van der Waals surface area contributed by atoms with Crippen molar-refractivity contribution in [1.82, 2.24) is 24.6 Å². The quantitative estimate of drug-likeness (QED) is 0.795. The van der Waals surface area contributed by atoms with Crippen molar-refractivity contribution in [3.8, 4) is 5.69 Å². The summed E-state index contributed by atoms with van der Waals surface area (Å²) in [6.45, 7) is 5.08. The molecule has 1 aliphatic heterocycles. The summed E-state index contributed by atoms with van der Waals surface area (Å²) in [5.41, 5.74) is 1.41. The molecule has 1 fully saturated rings. The third-order valence-electron chi connectivity index (χ3n) is 5.04. The van der Waals surface area contributed by atoms with Crippen LogP contribution in [-0.4, -0.2) is 37.7 Å². The first-order valence-electron chi connectivity index (χ1n) is 8.99. The number of hydrogen-bond donors (Lipinski definition) is 1. The van der Waals surface area contributed by atoms with Gasteiger partial charge in [0, 0.05) is 6.54 Å². The van der Waals surface area contributed by atoms with Gasteiger partial charge in [-0.25, -0.2) is 9.67 Å². The summed E-state index contributed by atoms with van der Waals surface area (Å²) in [4.78, 5) is 22.5. The minimum atomic E-state index is -0.119. The first-order valence-corrected chi connectivity index (χ1v) is 8.99. The maximum absolute atomic E-state index is 12.4. The van der Waals surface area contributed by atoms with Crippen LogP contribution < -0.4 is 5.56 Å². The zero-order valence-electron chi connectivity index (χ0n) is 14.5. The van der Waals surface area contributed by atoms with Crippen LogP contribution >= 0.6 is 0 Å². The minimum Gasteiger partial charge on any atom is -0.309 e. The fourth-order valence-electron chi connectivity index (χ4n) is 3.64. The van der Waals surface area contributed by atoms with Gasteiger partial charge in [0.05, 0.1) is 18.4 Å². The van der Waals surface area contributed by atoms with Crippen LogP contribution in [0.25, 0.3) is 16.7 Å². The number of nitrogens with one attached hydrogen (secondary N) is 1. The van der Waals surface area contributed by atoms with Crippen molar-refractivity contribution in [1.29, 1.82) is 0 Å². The Balaban J connectivity index is 1.68. The van der Waals surface area contributed by atoms with Gasteiger partial charge in [-0.3, -0.25) is 9.69 Å². The highest BCUT2D eigenvalue weighted by molar-refractivity contribution is 5.75. The van der Waals surface area contributed by atoms with Crippen molar-refractivity contribution in [3.05, 3.63) is 52.7 Å². The first-order chi connectivity index (χ1) is 12.2. The Bertz CT molecular complexity index is 914. The first kappa shape index (κ1) is 16.0. The van der Waals surface area contributed by atoms with Gasteiger partial charge in [-0.05, 0) is 37.4 Å². The Morgan fingerprint density at radius 1 is 1.28 bits per heavy atom. The van der Waals surface area contributed by atoms with Crippen molar-refractivity contribution in [2.45, 2.75) is 32.7 Å². The molecule has 3 aromatic rings. The van der Waals surface area contributed by atoms with E-state index < -0.39 is 0 Å². The molecule has 1 aliphatic rings. The fourth-order valence-corrected chi connectivity index (χ4v) is 3.64. The van der Waals surface area contributed by atoms with Gasteiger partial charge in [-0.2, -0.15) is 5.10 Å². The number of likely N-dealkylation sites (tertiary alicyclic amines) is 1. The number of aromatic amines is 1. The lowest BCUT2D eigenvalue weighted by atomic mass is 9.96. The molecule has 2 aromatic heterocycles. The smallest absolute Gasteiger partial charge is 0.262 e. The number of hydrogen-bond acceptors (Lipinski definition) is 4. The van der Waals surface area contributed by atoms with E-state index in [9.17, 15) is 4.79 Å². The largest absolute Gasteiger partial charge is 0.309 e. The third-order valence-corrected chi connectivity index (χ3v) is 5.04. The lowest BCUT2D eigenvalue weighted by molar-refractivity contribution is 0.161. The zero-order chi connectivity index (χ0) is 17.2. The van der Waals surface area contributed by atoms with E-state index in [1.54, 1.807) is 10.9 Å². The van der Waals surface area contributed by atoms with Gasteiger partial charge in [0.1, 0.15) is 11.2 Å². The Labute approximate surface area is 146 Å². The second-order valence-electron chi connectivity index (χ2n) is 6.79. The minimum absolute atomic E-state index is 0.119. The Morgan fingerprint density at radius 2 is 2.12 bits per heavy atom. The molecule has 0 amide bonds. The summed E-state index contributed by atoms with van der Waals surface area (Å²) in [5, 5.41) is 4.89. The molecule has 0 spiro atoms. The van der Waals surface area contributed by atoms with Crippen LogP contribution in [0.4, 0.5) is 0 Å². The van der Waals surface area contributed by atoms with Crippen LogP contribution in [0.2, 0.25) is 0 Å². The summed E-state index contributed by atoms with van der Waals surface area (Å²) in [5.74, 6) is 1.46. The number of aromatic nitrogens is 4. The molecule has 1 saturated heterocycles. The van der Waals surface area contributed by atoms with Crippen molar-refractivity contribution in [2.24, 2.45) is 5.92 Å². The molecule has 4 rings (SSSR count). The summed E-state index contributed by atoms with van der Waals surface area (Å²) < 4.78 is 1.74. The predicted octanol–water partition coefficient (Wildman–Crippen LogP) is 2.73. The Morgan fingerprint density at radius 3 is 2.92 bits per heavy atom. The predicted molar refractivity (Wildman–Crippen MR) is 97.8 cm³/mol. The van der Waals surface area contributed by atoms with Crippen molar-refractivity contribution >= 4 is 11.0 Å². The number of rotatable bonds is 4. The van der Waals surface area contributed by atoms with Crippen LogP contribution in [0.3, 0.4) is 0 Å². The molecule has 3 heterocycles. The average molecular weight is 337 g/mol. The van der Waals surface area contributed by atoms with E-state index in [2.05, 4.69) is 21.9 Å². The molecular formula is C19H23N5O. The van der Waals surface area contributed by atoms with Crippen LogP contribution in [0.15, 0.2) is 41.3 Å². The highest BCUT2D eigenvalue weighted by Crippen LogP contribution is 2.20. The van der Waals surface area contributed by atoms with Gasteiger partial charge in [0.2, 0.25) is 0 Å². The molecular weight excluding hydrogens is 314 g/mol. The van der Waals surface area contributed by atoms with E-state index >= 15 is 0 Å². The molecule has 1 aromatic carbocycles. The molecule has 130 valence electrons. The van der Waals surface area contributed by atoms with Crippen molar-refractivity contribution in [3.63, 3.8) is 0 Å². The van der Waals surface area contributed by atoms with E-state index in [0.717, 1.165) is 24.7 Å². The second kappa shape index (κ2) is 6.80. The van der Waals surface area contributed by atoms with Crippen molar-refractivity contribution in [2.75, 3.05) is 13.1 Å². The molecule has 1 atom stereocenters. The highest BCUT2D eigenvalue weighted by Gasteiger charge is 2.20. The van der Waals surface area contributed by atoms with Crippen LogP contribution in [-0.2, 0) is 6.54 Å². The van der Waals surface area contributed by atoms with Crippen molar-refractivity contribution < 1.29 is 0 Å². The molecule has 0 bridgehead atoms. The molecule has 0 aliphatic carbocycles. The average Bonchev–Trinajstić information content (AvgIpc) is 3.07. The van der Waals surface area contributed by atoms with Gasteiger partial charge in [0.15, 0.2) is 5.65 Å². The molecule has 0 radical (unpaired) electrons. The summed E-state index contributed by atoms with van der Waals surface area (Å²) in [6, 6.07) is 9.80. The topological polar surface area (TPSA) is 66.8 Å². The van der Waals surface area contributed by atoms with E-state index in [0.29, 0.717) is 23.4 Å². The van der Waals surface area contributed by atoms with Gasteiger partial charge in [-0.15, -0.1) is 0 Å². The molecule has 6 heteroatoms. The van der Waals surface area contributed by atoms with E-state index in [4.69, 9.17) is 4.98 Å². The number of piperidine rings is 1. The monoisotopic (exact) mass is 337 g/mol. The summed E-state index contributed by atoms with van der Waals surface area (Å²) in [7, 11) is 0. The standard InChI is InChI=1S/C19H23N5O/c1-2-14-7-6-10-23(12-14)13-17-21-18-16(19(25)22-17)11-20-24(18)15-8-4-3-5-9-15/h3-5,8-9,11,14H,2,6-7,10,12-13H2,1H3,(H,21,22,25). The number of fused-ring (bicyclic) bond motifs is 1. The van der Waals surface area contributed by atoms with Crippen LogP contribution in [0.5, 0.6) is 0 Å². The van der Waals surface area contributed by atoms with Crippen LogP contribution in [0, 0.1) is 5.92 Å².